The number of urea groups is 1. The summed E-state index contributed by atoms with van der Waals surface area (Å²) in [5.74, 6) is -0.155. The molecule has 94 valence electrons. The Kier molecular flexibility index (Phi) is 3.42. The lowest BCUT2D eigenvalue weighted by molar-refractivity contribution is -0.114. The number of amides is 3. The highest BCUT2D eigenvalue weighted by Crippen LogP contribution is 2.28. The lowest BCUT2D eigenvalue weighted by atomic mass is 10.3. The average Bonchev–Trinajstić information content (AvgIpc) is 2.69. The normalized spacial score (nSPS) is 10.1. The van der Waals surface area contributed by atoms with Crippen molar-refractivity contribution >= 4 is 44.3 Å². The van der Waals surface area contributed by atoms with Crippen LogP contribution in [0.25, 0.3) is 10.2 Å². The zero-order valence-electron chi connectivity index (χ0n) is 9.90. The van der Waals surface area contributed by atoms with Crippen LogP contribution in [0.2, 0.25) is 0 Å². The molecular weight excluding hydrogens is 252 g/mol. The van der Waals surface area contributed by atoms with Gasteiger partial charge in [-0.3, -0.25) is 4.79 Å². The Balaban J connectivity index is 2.27. The van der Waals surface area contributed by atoms with Crippen LogP contribution in [0.3, 0.4) is 0 Å². The minimum Gasteiger partial charge on any atom is -0.341 e. The van der Waals surface area contributed by atoms with Crippen molar-refractivity contribution in [3.05, 3.63) is 18.2 Å². The minimum absolute atomic E-state index is 0.155. The zero-order valence-corrected chi connectivity index (χ0v) is 10.7. The van der Waals surface area contributed by atoms with Gasteiger partial charge in [-0.05, 0) is 18.2 Å². The smallest absolute Gasteiger partial charge is 0.318 e. The Bertz CT molecular complexity index is 608. The Hall–Kier alpha value is -2.15. The molecule has 0 aliphatic rings. The third-order valence-electron chi connectivity index (χ3n) is 2.16. The molecule has 18 heavy (non-hydrogen) atoms. The fourth-order valence-corrected chi connectivity index (χ4v) is 2.35. The van der Waals surface area contributed by atoms with Crippen LogP contribution in [0.15, 0.2) is 18.2 Å². The van der Waals surface area contributed by atoms with Gasteiger partial charge in [0.25, 0.3) is 0 Å². The van der Waals surface area contributed by atoms with Crippen LogP contribution >= 0.6 is 11.3 Å². The number of carbonyl (C=O) groups excluding carboxylic acids is 2. The summed E-state index contributed by atoms with van der Waals surface area (Å²) >= 11 is 1.36. The Morgan fingerprint density at radius 1 is 1.28 bits per heavy atom. The minimum atomic E-state index is -0.277. The molecule has 0 spiro atoms. The molecule has 0 aliphatic heterocycles. The van der Waals surface area contributed by atoms with E-state index in [9.17, 15) is 9.59 Å². The molecule has 1 heterocycles. The van der Waals surface area contributed by atoms with Gasteiger partial charge in [0, 0.05) is 19.7 Å². The largest absolute Gasteiger partial charge is 0.341 e. The number of nitrogens with one attached hydrogen (secondary N) is 3. The van der Waals surface area contributed by atoms with Crippen LogP contribution in [0.4, 0.5) is 15.6 Å². The third-order valence-corrected chi connectivity index (χ3v) is 3.09. The number of thiazole rings is 1. The molecule has 6 nitrogen and oxygen atoms in total. The van der Waals surface area contributed by atoms with E-state index < -0.39 is 0 Å². The average molecular weight is 264 g/mol. The third kappa shape index (κ3) is 2.75. The predicted octanol–water partition coefficient (Wildman–Crippen LogP) is 2.01. The molecule has 0 fully saturated rings. The molecule has 1 aromatic heterocycles. The molecule has 7 heteroatoms. The summed E-state index contributed by atoms with van der Waals surface area (Å²) in [4.78, 5) is 26.4. The summed E-state index contributed by atoms with van der Waals surface area (Å²) in [6, 6.07) is 5.09. The van der Waals surface area contributed by atoms with Gasteiger partial charge in [0.15, 0.2) is 5.13 Å². The van der Waals surface area contributed by atoms with Gasteiger partial charge in [-0.25, -0.2) is 9.78 Å². The summed E-state index contributed by atoms with van der Waals surface area (Å²) in [5, 5.41) is 8.33. The highest BCUT2D eigenvalue weighted by Gasteiger charge is 2.06. The van der Waals surface area contributed by atoms with Crippen LogP contribution < -0.4 is 16.0 Å². The van der Waals surface area contributed by atoms with Gasteiger partial charge < -0.3 is 16.0 Å². The van der Waals surface area contributed by atoms with E-state index >= 15 is 0 Å². The van der Waals surface area contributed by atoms with E-state index in [1.54, 1.807) is 19.2 Å². The molecule has 2 rings (SSSR count). The fourth-order valence-electron chi connectivity index (χ4n) is 1.40. The Morgan fingerprint density at radius 3 is 2.72 bits per heavy atom. The van der Waals surface area contributed by atoms with E-state index in [4.69, 9.17) is 0 Å². The number of carbonyl (C=O) groups is 2. The van der Waals surface area contributed by atoms with E-state index in [-0.39, 0.29) is 11.9 Å². The number of hydrogen-bond acceptors (Lipinski definition) is 4. The number of benzene rings is 1. The van der Waals surface area contributed by atoms with Gasteiger partial charge in [-0.15, -0.1) is 0 Å². The van der Waals surface area contributed by atoms with E-state index in [0.717, 1.165) is 10.2 Å². The van der Waals surface area contributed by atoms with Gasteiger partial charge in [0.2, 0.25) is 5.91 Å². The molecule has 0 atom stereocenters. The van der Waals surface area contributed by atoms with Crippen LogP contribution in [-0.4, -0.2) is 24.0 Å². The topological polar surface area (TPSA) is 83.1 Å². The Labute approximate surface area is 107 Å². The molecule has 3 N–H and O–H groups in total. The summed E-state index contributed by atoms with van der Waals surface area (Å²) in [6.07, 6.45) is 0. The molecule has 0 bridgehead atoms. The SMILES string of the molecule is CNC(=O)Nc1ccc2nc(NC(C)=O)sc2c1. The lowest BCUT2D eigenvalue weighted by Gasteiger charge is -2.02. The van der Waals surface area contributed by atoms with Crippen LogP contribution in [-0.2, 0) is 4.79 Å². The number of aromatic nitrogens is 1. The fraction of sp³-hybridized carbons (Fsp3) is 0.182. The second kappa shape index (κ2) is 5.01. The summed E-state index contributed by atoms with van der Waals surface area (Å²) in [7, 11) is 1.55. The first-order chi connectivity index (χ1) is 8.58. The first-order valence-electron chi connectivity index (χ1n) is 5.25. The monoisotopic (exact) mass is 264 g/mol. The van der Waals surface area contributed by atoms with Gasteiger partial charge in [-0.2, -0.15) is 0 Å². The molecule has 2 aromatic rings. The number of anilines is 2. The van der Waals surface area contributed by atoms with Crippen molar-refractivity contribution in [2.45, 2.75) is 6.92 Å². The van der Waals surface area contributed by atoms with E-state index in [2.05, 4.69) is 20.9 Å². The number of hydrogen-bond donors (Lipinski definition) is 3. The standard InChI is InChI=1S/C11H12N4O2S/c1-6(16)13-11-15-8-4-3-7(5-9(8)18-11)14-10(17)12-2/h3-5H,1-2H3,(H2,12,14,17)(H,13,15,16). The zero-order chi connectivity index (χ0) is 13.1. The van der Waals surface area contributed by atoms with Crippen LogP contribution in [0.1, 0.15) is 6.92 Å². The van der Waals surface area contributed by atoms with Crippen molar-refractivity contribution in [3.8, 4) is 0 Å². The van der Waals surface area contributed by atoms with E-state index in [0.29, 0.717) is 10.8 Å². The van der Waals surface area contributed by atoms with E-state index in [1.165, 1.54) is 18.3 Å². The predicted molar refractivity (Wildman–Crippen MR) is 72.0 cm³/mol. The van der Waals surface area contributed by atoms with Crippen molar-refractivity contribution in [2.75, 3.05) is 17.7 Å². The first-order valence-corrected chi connectivity index (χ1v) is 6.07. The summed E-state index contributed by atoms with van der Waals surface area (Å²) < 4.78 is 0.896. The van der Waals surface area contributed by atoms with Crippen molar-refractivity contribution in [1.82, 2.24) is 10.3 Å². The molecule has 0 aliphatic carbocycles. The maximum absolute atomic E-state index is 11.2. The molecule has 0 unspecified atom stereocenters. The highest BCUT2D eigenvalue weighted by molar-refractivity contribution is 7.22. The molecule has 3 amide bonds. The Morgan fingerprint density at radius 2 is 2.06 bits per heavy atom. The van der Waals surface area contributed by atoms with Crippen LogP contribution in [0, 0.1) is 0 Å². The van der Waals surface area contributed by atoms with Crippen molar-refractivity contribution < 1.29 is 9.59 Å². The second-order valence-corrected chi connectivity index (χ2v) is 4.62. The highest BCUT2D eigenvalue weighted by atomic mass is 32.1. The van der Waals surface area contributed by atoms with Crippen LogP contribution in [0.5, 0.6) is 0 Å². The van der Waals surface area contributed by atoms with Gasteiger partial charge >= 0.3 is 6.03 Å². The molecule has 0 saturated heterocycles. The van der Waals surface area contributed by atoms with Crippen molar-refractivity contribution in [1.29, 1.82) is 0 Å². The maximum atomic E-state index is 11.2. The van der Waals surface area contributed by atoms with Crippen molar-refractivity contribution in [3.63, 3.8) is 0 Å². The molecule has 0 radical (unpaired) electrons. The second-order valence-electron chi connectivity index (χ2n) is 3.59. The first kappa shape index (κ1) is 12.3. The maximum Gasteiger partial charge on any atom is 0.318 e. The summed E-state index contributed by atoms with van der Waals surface area (Å²) in [6.45, 7) is 1.44. The van der Waals surface area contributed by atoms with Gasteiger partial charge in [0.1, 0.15) is 0 Å². The van der Waals surface area contributed by atoms with E-state index in [1.807, 2.05) is 6.07 Å². The summed E-state index contributed by atoms with van der Waals surface area (Å²) in [5.41, 5.74) is 1.46. The quantitative estimate of drug-likeness (QED) is 0.775. The number of fused-ring (bicyclic) bond motifs is 1. The molecule has 1 aromatic carbocycles. The molecular formula is C11H12N4O2S. The van der Waals surface area contributed by atoms with Crippen molar-refractivity contribution in [2.24, 2.45) is 0 Å². The van der Waals surface area contributed by atoms with Gasteiger partial charge in [-0.1, -0.05) is 11.3 Å². The van der Waals surface area contributed by atoms with Gasteiger partial charge in [0.05, 0.1) is 10.2 Å². The molecule has 0 saturated carbocycles. The number of nitrogens with zero attached hydrogens (tertiary/aromatic N) is 1. The number of rotatable bonds is 2. The lowest BCUT2D eigenvalue weighted by Crippen LogP contribution is -2.24.